The predicted octanol–water partition coefficient (Wildman–Crippen LogP) is 2.89. The van der Waals surface area contributed by atoms with Gasteiger partial charge in [0.25, 0.3) is 0 Å². The summed E-state index contributed by atoms with van der Waals surface area (Å²) in [6, 6.07) is 1.87. The molecule has 0 aromatic heterocycles. The lowest BCUT2D eigenvalue weighted by molar-refractivity contribution is 0.321. The van der Waals surface area contributed by atoms with Crippen LogP contribution in [0.5, 0.6) is 17.2 Å². The highest BCUT2D eigenvalue weighted by Gasteiger charge is 2.20. The quantitative estimate of drug-likeness (QED) is 0.838. The molecule has 0 saturated carbocycles. The van der Waals surface area contributed by atoms with Crippen molar-refractivity contribution in [1.29, 1.82) is 0 Å². The summed E-state index contributed by atoms with van der Waals surface area (Å²) in [6.07, 6.45) is 1.79. The van der Waals surface area contributed by atoms with Gasteiger partial charge in [-0.3, -0.25) is 0 Å². The van der Waals surface area contributed by atoms with Crippen molar-refractivity contribution in [3.05, 3.63) is 16.7 Å². The van der Waals surface area contributed by atoms with Crippen molar-refractivity contribution in [2.24, 2.45) is 11.7 Å². The van der Waals surface area contributed by atoms with Crippen LogP contribution in [0.1, 0.15) is 18.9 Å². The molecular formula is C14H22ClNO3. The molecule has 0 aliphatic rings. The number of methoxy groups -OCH3 is 3. The SMILES string of the molecule is COc1c(Cl)cc(CC(C)CCN)c(OC)c1OC. The molecule has 0 radical (unpaired) electrons. The minimum absolute atomic E-state index is 0.452. The van der Waals surface area contributed by atoms with Crippen molar-refractivity contribution in [1.82, 2.24) is 0 Å². The molecule has 1 aromatic carbocycles. The maximum absolute atomic E-state index is 6.22. The number of hydrogen-bond donors (Lipinski definition) is 1. The lowest BCUT2D eigenvalue weighted by atomic mass is 9.97. The summed E-state index contributed by atoms with van der Waals surface area (Å²) >= 11 is 6.22. The topological polar surface area (TPSA) is 53.7 Å². The monoisotopic (exact) mass is 287 g/mol. The van der Waals surface area contributed by atoms with Gasteiger partial charge in [0, 0.05) is 5.56 Å². The van der Waals surface area contributed by atoms with Gasteiger partial charge in [-0.2, -0.15) is 0 Å². The summed E-state index contributed by atoms with van der Waals surface area (Å²) in [4.78, 5) is 0. The van der Waals surface area contributed by atoms with Gasteiger partial charge >= 0.3 is 0 Å². The number of halogens is 1. The molecular weight excluding hydrogens is 266 g/mol. The van der Waals surface area contributed by atoms with Gasteiger partial charge in [-0.25, -0.2) is 0 Å². The van der Waals surface area contributed by atoms with Crippen molar-refractivity contribution < 1.29 is 14.2 Å². The Bertz CT molecular complexity index is 424. The first-order chi connectivity index (χ1) is 9.08. The molecule has 0 heterocycles. The third-order valence-electron chi connectivity index (χ3n) is 3.06. The maximum atomic E-state index is 6.22. The molecule has 0 bridgehead atoms. The molecule has 0 aliphatic heterocycles. The van der Waals surface area contributed by atoms with E-state index in [0.717, 1.165) is 18.4 Å². The van der Waals surface area contributed by atoms with Gasteiger partial charge in [0.15, 0.2) is 11.5 Å². The summed E-state index contributed by atoms with van der Waals surface area (Å²) < 4.78 is 16.1. The lowest BCUT2D eigenvalue weighted by Crippen LogP contribution is -2.09. The zero-order valence-corrected chi connectivity index (χ0v) is 12.7. The molecule has 1 aromatic rings. The van der Waals surface area contributed by atoms with Crippen molar-refractivity contribution in [2.45, 2.75) is 19.8 Å². The first-order valence-corrected chi connectivity index (χ1v) is 6.64. The smallest absolute Gasteiger partial charge is 0.205 e. The Hall–Kier alpha value is -1.13. The van der Waals surface area contributed by atoms with Crippen LogP contribution in [0.4, 0.5) is 0 Å². The third kappa shape index (κ3) is 3.67. The predicted molar refractivity (Wildman–Crippen MR) is 77.6 cm³/mol. The maximum Gasteiger partial charge on any atom is 0.205 e. The Morgan fingerprint density at radius 3 is 2.16 bits per heavy atom. The number of nitrogens with two attached hydrogens (primary N) is 1. The van der Waals surface area contributed by atoms with E-state index in [9.17, 15) is 0 Å². The summed E-state index contributed by atoms with van der Waals surface area (Å²) in [7, 11) is 4.74. The van der Waals surface area contributed by atoms with Gasteiger partial charge in [0.2, 0.25) is 5.75 Å². The fourth-order valence-corrected chi connectivity index (χ4v) is 2.45. The molecule has 1 rings (SSSR count). The molecule has 0 spiro atoms. The van der Waals surface area contributed by atoms with Gasteiger partial charge in [0.05, 0.1) is 26.4 Å². The average Bonchev–Trinajstić information content (AvgIpc) is 2.38. The molecule has 1 unspecified atom stereocenters. The summed E-state index contributed by atoms with van der Waals surface area (Å²) in [6.45, 7) is 2.82. The standard InChI is InChI=1S/C14H22ClNO3/c1-9(5-6-16)7-10-8-11(15)13(18-3)14(19-4)12(10)17-2/h8-9H,5-7,16H2,1-4H3. The van der Waals surface area contributed by atoms with Crippen LogP contribution in [-0.2, 0) is 6.42 Å². The van der Waals surface area contributed by atoms with E-state index >= 15 is 0 Å². The minimum atomic E-state index is 0.452. The Morgan fingerprint density at radius 1 is 1.11 bits per heavy atom. The molecule has 19 heavy (non-hydrogen) atoms. The highest BCUT2D eigenvalue weighted by molar-refractivity contribution is 6.32. The number of ether oxygens (including phenoxy) is 3. The first kappa shape index (κ1) is 15.9. The molecule has 0 fully saturated rings. The molecule has 0 aliphatic carbocycles. The van der Waals surface area contributed by atoms with E-state index in [0.29, 0.717) is 34.7 Å². The highest BCUT2D eigenvalue weighted by atomic mass is 35.5. The zero-order valence-electron chi connectivity index (χ0n) is 12.0. The van der Waals surface area contributed by atoms with Gasteiger partial charge in [-0.1, -0.05) is 18.5 Å². The van der Waals surface area contributed by atoms with E-state index in [-0.39, 0.29) is 0 Å². The second kappa shape index (κ2) is 7.46. The largest absolute Gasteiger partial charge is 0.492 e. The summed E-state index contributed by atoms with van der Waals surface area (Å²) in [5.74, 6) is 2.16. The van der Waals surface area contributed by atoms with Crippen LogP contribution in [0.25, 0.3) is 0 Å². The van der Waals surface area contributed by atoms with Crippen LogP contribution < -0.4 is 19.9 Å². The Balaban J connectivity index is 3.20. The van der Waals surface area contributed by atoms with E-state index in [1.165, 1.54) is 0 Å². The van der Waals surface area contributed by atoms with Crippen LogP contribution in [0.2, 0.25) is 5.02 Å². The van der Waals surface area contributed by atoms with Crippen molar-refractivity contribution in [3.63, 3.8) is 0 Å². The zero-order chi connectivity index (χ0) is 14.4. The fourth-order valence-electron chi connectivity index (χ4n) is 2.15. The highest BCUT2D eigenvalue weighted by Crippen LogP contribution is 2.45. The molecule has 1 atom stereocenters. The van der Waals surface area contributed by atoms with Crippen molar-refractivity contribution in [2.75, 3.05) is 27.9 Å². The Labute approximate surface area is 119 Å². The fraction of sp³-hybridized carbons (Fsp3) is 0.571. The minimum Gasteiger partial charge on any atom is -0.492 e. The summed E-state index contributed by atoms with van der Waals surface area (Å²) in [5, 5.41) is 0.523. The van der Waals surface area contributed by atoms with E-state index < -0.39 is 0 Å². The molecule has 5 heteroatoms. The second-order valence-corrected chi connectivity index (χ2v) is 4.91. The van der Waals surface area contributed by atoms with Crippen LogP contribution in [-0.4, -0.2) is 27.9 Å². The van der Waals surface area contributed by atoms with Crippen LogP contribution in [0, 0.1) is 5.92 Å². The average molecular weight is 288 g/mol. The van der Waals surface area contributed by atoms with Gasteiger partial charge in [-0.05, 0) is 31.4 Å². The molecule has 4 nitrogen and oxygen atoms in total. The molecule has 0 saturated heterocycles. The van der Waals surface area contributed by atoms with Gasteiger partial charge < -0.3 is 19.9 Å². The normalized spacial score (nSPS) is 12.1. The third-order valence-corrected chi connectivity index (χ3v) is 3.34. The van der Waals surface area contributed by atoms with Gasteiger partial charge in [-0.15, -0.1) is 0 Å². The lowest BCUT2D eigenvalue weighted by Gasteiger charge is -2.19. The van der Waals surface area contributed by atoms with Crippen LogP contribution in [0.3, 0.4) is 0 Å². The van der Waals surface area contributed by atoms with Crippen molar-refractivity contribution in [3.8, 4) is 17.2 Å². The number of hydrogen-bond acceptors (Lipinski definition) is 4. The summed E-state index contributed by atoms with van der Waals surface area (Å²) in [5.41, 5.74) is 6.59. The Kier molecular flexibility index (Phi) is 6.25. The number of benzene rings is 1. The first-order valence-electron chi connectivity index (χ1n) is 6.26. The molecule has 2 N–H and O–H groups in total. The second-order valence-electron chi connectivity index (χ2n) is 4.50. The number of rotatable bonds is 7. The van der Waals surface area contributed by atoms with Crippen molar-refractivity contribution >= 4 is 11.6 Å². The molecule has 108 valence electrons. The van der Waals surface area contributed by atoms with Crippen LogP contribution in [0.15, 0.2) is 6.07 Å². The van der Waals surface area contributed by atoms with E-state index in [2.05, 4.69) is 6.92 Å². The van der Waals surface area contributed by atoms with Gasteiger partial charge in [0.1, 0.15) is 0 Å². The van der Waals surface area contributed by atoms with E-state index in [4.69, 9.17) is 31.5 Å². The van der Waals surface area contributed by atoms with Crippen LogP contribution >= 0.6 is 11.6 Å². The Morgan fingerprint density at radius 2 is 1.68 bits per heavy atom. The van der Waals surface area contributed by atoms with E-state index in [1.807, 2.05) is 6.07 Å². The van der Waals surface area contributed by atoms with E-state index in [1.54, 1.807) is 21.3 Å². The molecule has 0 amide bonds.